The molecule has 1 aromatic rings. The highest BCUT2D eigenvalue weighted by molar-refractivity contribution is 5.39. The van der Waals surface area contributed by atoms with Crippen molar-refractivity contribution in [3.63, 3.8) is 0 Å². The van der Waals surface area contributed by atoms with Gasteiger partial charge in [-0.25, -0.2) is 4.39 Å². The molecule has 0 atom stereocenters. The number of nitrogens with two attached hydrogens (primary N) is 1. The van der Waals surface area contributed by atoms with Crippen LogP contribution in [0.3, 0.4) is 0 Å². The van der Waals surface area contributed by atoms with Crippen molar-refractivity contribution in [2.45, 2.75) is 38.8 Å². The molecule has 106 valence electrons. The van der Waals surface area contributed by atoms with Crippen molar-refractivity contribution in [2.24, 2.45) is 5.73 Å². The van der Waals surface area contributed by atoms with Gasteiger partial charge in [0.25, 0.3) is 5.69 Å². The highest BCUT2D eigenvalue weighted by Gasteiger charge is 2.21. The number of rotatable bonds is 7. The minimum absolute atomic E-state index is 0.0208. The summed E-state index contributed by atoms with van der Waals surface area (Å²) in [5.74, 6) is -0.519. The Morgan fingerprint density at radius 1 is 1.42 bits per heavy atom. The predicted molar refractivity (Wildman–Crippen MR) is 70.2 cm³/mol. The first-order valence-electron chi connectivity index (χ1n) is 6.21. The first-order valence-corrected chi connectivity index (χ1v) is 6.21. The van der Waals surface area contributed by atoms with Crippen molar-refractivity contribution in [1.82, 2.24) is 0 Å². The van der Waals surface area contributed by atoms with Gasteiger partial charge in [0, 0.05) is 11.6 Å². The Labute approximate surface area is 111 Å². The van der Waals surface area contributed by atoms with Gasteiger partial charge >= 0.3 is 0 Å². The molecule has 0 heterocycles. The average Bonchev–Trinajstić information content (AvgIpc) is 2.38. The van der Waals surface area contributed by atoms with Crippen LogP contribution in [0.2, 0.25) is 0 Å². The van der Waals surface area contributed by atoms with Crippen LogP contribution in [0.4, 0.5) is 10.1 Å². The van der Waals surface area contributed by atoms with E-state index in [0.717, 1.165) is 31.0 Å². The van der Waals surface area contributed by atoms with E-state index in [1.54, 1.807) is 0 Å². The molecule has 2 N–H and O–H groups in total. The fraction of sp³-hybridized carbons (Fsp3) is 0.538. The van der Waals surface area contributed by atoms with E-state index < -0.39 is 16.3 Å². The van der Waals surface area contributed by atoms with Crippen LogP contribution in [0.5, 0.6) is 0 Å². The lowest BCUT2D eigenvalue weighted by atomic mass is 9.96. The highest BCUT2D eigenvalue weighted by atomic mass is 19.1. The normalized spacial score (nSPS) is 11.6. The summed E-state index contributed by atoms with van der Waals surface area (Å²) in [7, 11) is 0. The number of halogens is 1. The topological polar surface area (TPSA) is 78.4 Å². The number of hydrogen-bond acceptors (Lipinski definition) is 4. The van der Waals surface area contributed by atoms with Gasteiger partial charge in [-0.2, -0.15) is 0 Å². The lowest BCUT2D eigenvalue weighted by Crippen LogP contribution is -2.43. The first kappa shape index (κ1) is 15.5. The molecule has 0 aliphatic heterocycles. The third kappa shape index (κ3) is 4.25. The Balaban J connectivity index is 2.72. The molecule has 19 heavy (non-hydrogen) atoms. The second-order valence-electron chi connectivity index (χ2n) is 4.59. The lowest BCUT2D eigenvalue weighted by molar-refractivity contribution is -0.386. The summed E-state index contributed by atoms with van der Waals surface area (Å²) >= 11 is 0. The third-order valence-corrected chi connectivity index (χ3v) is 3.29. The van der Waals surface area contributed by atoms with E-state index >= 15 is 0 Å². The van der Waals surface area contributed by atoms with Crippen LogP contribution in [0.15, 0.2) is 18.2 Å². The molecular weight excluding hydrogens is 251 g/mol. The van der Waals surface area contributed by atoms with E-state index in [9.17, 15) is 14.5 Å². The zero-order chi connectivity index (χ0) is 14.5. The number of nitro benzene ring substituents is 1. The molecule has 0 radical (unpaired) electrons. The minimum Gasteiger partial charge on any atom is -0.375 e. The Kier molecular flexibility index (Phi) is 5.38. The lowest BCUT2D eigenvalue weighted by Gasteiger charge is -2.26. The minimum atomic E-state index is -0.548. The van der Waals surface area contributed by atoms with Crippen LogP contribution >= 0.6 is 0 Å². The van der Waals surface area contributed by atoms with Crippen LogP contribution in [0.1, 0.15) is 32.3 Å². The number of ether oxygens (including phenoxy) is 1. The fourth-order valence-electron chi connectivity index (χ4n) is 1.67. The summed E-state index contributed by atoms with van der Waals surface area (Å²) in [6, 6.07) is 3.32. The standard InChI is InChI=1S/C13H19FN2O3/c1-3-13(15,4-2)9-19-8-10-7-11(14)5-6-12(10)16(17)18/h5-7H,3-4,8-9,15H2,1-2H3. The van der Waals surface area contributed by atoms with Gasteiger partial charge in [0.2, 0.25) is 0 Å². The van der Waals surface area contributed by atoms with Crippen molar-refractivity contribution < 1.29 is 14.1 Å². The van der Waals surface area contributed by atoms with Gasteiger partial charge in [0.05, 0.1) is 23.7 Å². The third-order valence-electron chi connectivity index (χ3n) is 3.29. The summed E-state index contributed by atoms with van der Waals surface area (Å²) in [6.45, 7) is 4.18. The fourth-order valence-corrected chi connectivity index (χ4v) is 1.67. The summed E-state index contributed by atoms with van der Waals surface area (Å²) < 4.78 is 18.5. The maximum Gasteiger partial charge on any atom is 0.275 e. The molecule has 0 aliphatic carbocycles. The zero-order valence-corrected chi connectivity index (χ0v) is 11.2. The van der Waals surface area contributed by atoms with Crippen molar-refractivity contribution in [2.75, 3.05) is 6.61 Å². The summed E-state index contributed by atoms with van der Waals surface area (Å²) in [6.07, 6.45) is 1.49. The first-order chi connectivity index (χ1) is 8.91. The van der Waals surface area contributed by atoms with Crippen molar-refractivity contribution in [3.8, 4) is 0 Å². The Morgan fingerprint density at radius 2 is 2.05 bits per heavy atom. The highest BCUT2D eigenvalue weighted by Crippen LogP contribution is 2.21. The molecule has 0 amide bonds. The quantitative estimate of drug-likeness (QED) is 0.610. The molecule has 0 saturated carbocycles. The van der Waals surface area contributed by atoms with E-state index in [1.165, 1.54) is 0 Å². The molecule has 0 spiro atoms. The average molecular weight is 270 g/mol. The van der Waals surface area contributed by atoms with Crippen LogP contribution in [-0.2, 0) is 11.3 Å². The van der Waals surface area contributed by atoms with E-state index in [1.807, 2.05) is 13.8 Å². The molecular formula is C13H19FN2O3. The van der Waals surface area contributed by atoms with Crippen LogP contribution in [0, 0.1) is 15.9 Å². The second kappa shape index (κ2) is 6.58. The Morgan fingerprint density at radius 3 is 2.58 bits per heavy atom. The molecule has 1 rings (SSSR count). The van der Waals surface area contributed by atoms with Crippen molar-refractivity contribution in [3.05, 3.63) is 39.7 Å². The summed E-state index contributed by atoms with van der Waals surface area (Å²) in [5.41, 5.74) is 5.69. The van der Waals surface area contributed by atoms with Crippen molar-refractivity contribution >= 4 is 5.69 Å². The summed E-state index contributed by atoms with van der Waals surface area (Å²) in [4.78, 5) is 10.3. The molecule has 0 unspecified atom stereocenters. The zero-order valence-electron chi connectivity index (χ0n) is 11.2. The molecule has 0 saturated heterocycles. The van der Waals surface area contributed by atoms with E-state index in [0.29, 0.717) is 0 Å². The SMILES string of the molecule is CCC(N)(CC)COCc1cc(F)ccc1[N+](=O)[O-]. The van der Waals surface area contributed by atoms with Gasteiger partial charge in [0.1, 0.15) is 5.82 Å². The monoisotopic (exact) mass is 270 g/mol. The van der Waals surface area contributed by atoms with E-state index in [4.69, 9.17) is 10.5 Å². The number of benzene rings is 1. The van der Waals surface area contributed by atoms with Gasteiger partial charge in [-0.05, 0) is 25.0 Å². The second-order valence-corrected chi connectivity index (χ2v) is 4.59. The van der Waals surface area contributed by atoms with Gasteiger partial charge in [-0.1, -0.05) is 13.8 Å². The number of nitro groups is 1. The van der Waals surface area contributed by atoms with Crippen molar-refractivity contribution in [1.29, 1.82) is 0 Å². The molecule has 6 heteroatoms. The number of hydrogen-bond donors (Lipinski definition) is 1. The largest absolute Gasteiger partial charge is 0.375 e. The smallest absolute Gasteiger partial charge is 0.275 e. The Bertz CT molecular complexity index is 448. The maximum absolute atomic E-state index is 13.1. The van der Waals surface area contributed by atoms with Crippen LogP contribution in [-0.4, -0.2) is 17.1 Å². The summed E-state index contributed by atoms with van der Waals surface area (Å²) in [5, 5.41) is 10.8. The van der Waals surface area contributed by atoms with Crippen LogP contribution < -0.4 is 5.73 Å². The maximum atomic E-state index is 13.1. The van der Waals surface area contributed by atoms with E-state index in [-0.39, 0.29) is 24.5 Å². The molecule has 0 aromatic heterocycles. The molecule has 0 bridgehead atoms. The molecule has 5 nitrogen and oxygen atoms in total. The molecule has 1 aromatic carbocycles. The molecule has 0 fully saturated rings. The van der Waals surface area contributed by atoms with E-state index in [2.05, 4.69) is 0 Å². The number of nitrogens with zero attached hydrogens (tertiary/aromatic N) is 1. The van der Waals surface area contributed by atoms with Crippen LogP contribution in [0.25, 0.3) is 0 Å². The molecule has 0 aliphatic rings. The van der Waals surface area contributed by atoms with Gasteiger partial charge < -0.3 is 10.5 Å². The van der Waals surface area contributed by atoms with Gasteiger partial charge in [-0.3, -0.25) is 10.1 Å². The van der Waals surface area contributed by atoms with Gasteiger partial charge in [0.15, 0.2) is 0 Å². The Hall–Kier alpha value is -1.53. The predicted octanol–water partition coefficient (Wildman–Crippen LogP) is 2.77. The van der Waals surface area contributed by atoms with Gasteiger partial charge in [-0.15, -0.1) is 0 Å².